The van der Waals surface area contributed by atoms with Crippen molar-refractivity contribution in [1.29, 1.82) is 0 Å². The molecule has 20 heavy (non-hydrogen) atoms. The summed E-state index contributed by atoms with van der Waals surface area (Å²) in [7, 11) is 1.59. The summed E-state index contributed by atoms with van der Waals surface area (Å²) in [4.78, 5) is 4.18. The van der Waals surface area contributed by atoms with Crippen molar-refractivity contribution in [1.82, 2.24) is 10.1 Å². The maximum absolute atomic E-state index is 5.84. The molecule has 0 aliphatic carbocycles. The van der Waals surface area contributed by atoms with E-state index in [-0.39, 0.29) is 12.6 Å². The number of benzene rings is 1. The van der Waals surface area contributed by atoms with Crippen LogP contribution in [0.15, 0.2) is 22.7 Å². The van der Waals surface area contributed by atoms with Crippen LogP contribution in [0.5, 0.6) is 11.5 Å². The van der Waals surface area contributed by atoms with Gasteiger partial charge in [0.05, 0.1) is 7.11 Å². The summed E-state index contributed by atoms with van der Waals surface area (Å²) in [6.07, 6.45) is 0.708. The fourth-order valence-corrected chi connectivity index (χ4v) is 1.72. The van der Waals surface area contributed by atoms with Crippen LogP contribution in [0.1, 0.15) is 37.2 Å². The van der Waals surface area contributed by atoms with Gasteiger partial charge in [0.1, 0.15) is 0 Å². The van der Waals surface area contributed by atoms with Crippen LogP contribution in [-0.2, 0) is 13.0 Å². The highest BCUT2D eigenvalue weighted by atomic mass is 16.5. The molecule has 2 rings (SSSR count). The highest BCUT2D eigenvalue weighted by molar-refractivity contribution is 5.43. The van der Waals surface area contributed by atoms with Gasteiger partial charge in [0.2, 0.25) is 11.7 Å². The van der Waals surface area contributed by atoms with E-state index >= 15 is 0 Å². The molecule has 0 spiro atoms. The normalized spacial score (nSPS) is 12.2. The van der Waals surface area contributed by atoms with Gasteiger partial charge in [-0.05, 0) is 24.6 Å². The van der Waals surface area contributed by atoms with E-state index in [9.17, 15) is 0 Å². The monoisotopic (exact) mass is 277 g/mol. The molecule has 0 amide bonds. The molecule has 0 bridgehead atoms. The van der Waals surface area contributed by atoms with Crippen molar-refractivity contribution in [2.45, 2.75) is 32.9 Å². The van der Waals surface area contributed by atoms with Crippen molar-refractivity contribution < 1.29 is 14.0 Å². The molecule has 0 fully saturated rings. The van der Waals surface area contributed by atoms with E-state index in [0.717, 1.165) is 5.56 Å². The summed E-state index contributed by atoms with van der Waals surface area (Å²) in [5, 5.41) is 3.83. The number of hydrogen-bond donors (Lipinski definition) is 1. The first-order valence-electron chi connectivity index (χ1n) is 6.51. The molecule has 2 N–H and O–H groups in total. The number of nitrogens with two attached hydrogens (primary N) is 1. The Balaban J connectivity index is 2.08. The van der Waals surface area contributed by atoms with Crippen molar-refractivity contribution in [3.8, 4) is 11.5 Å². The average Bonchev–Trinajstić information content (AvgIpc) is 2.92. The van der Waals surface area contributed by atoms with Crippen molar-refractivity contribution >= 4 is 0 Å². The molecule has 0 saturated heterocycles. The van der Waals surface area contributed by atoms with Crippen LogP contribution in [-0.4, -0.2) is 17.3 Å². The van der Waals surface area contributed by atoms with Gasteiger partial charge in [0.25, 0.3) is 0 Å². The minimum Gasteiger partial charge on any atom is -0.493 e. The van der Waals surface area contributed by atoms with Gasteiger partial charge in [-0.15, -0.1) is 0 Å². The number of aryl methyl sites for hydroxylation is 1. The van der Waals surface area contributed by atoms with Crippen LogP contribution in [0.4, 0.5) is 0 Å². The number of aromatic nitrogens is 2. The molecule has 1 aromatic carbocycles. The van der Waals surface area contributed by atoms with Gasteiger partial charge >= 0.3 is 0 Å². The molecule has 0 saturated carbocycles. The first-order chi connectivity index (χ1) is 9.63. The standard InChI is InChI=1S/C14H19N3O3/c1-4-14-16-13(17-20-14)8-19-11-6-5-10(9(2)15)7-12(11)18-3/h5-7,9H,4,8,15H2,1-3H3. The molecule has 1 unspecified atom stereocenters. The summed E-state index contributed by atoms with van der Waals surface area (Å²) < 4.78 is 16.0. The van der Waals surface area contributed by atoms with Gasteiger partial charge in [-0.2, -0.15) is 4.98 Å². The van der Waals surface area contributed by atoms with Gasteiger partial charge in [-0.3, -0.25) is 0 Å². The lowest BCUT2D eigenvalue weighted by molar-refractivity contribution is 0.269. The summed E-state index contributed by atoms with van der Waals surface area (Å²) in [6, 6.07) is 5.56. The molecule has 2 aromatic rings. The largest absolute Gasteiger partial charge is 0.493 e. The lowest BCUT2D eigenvalue weighted by atomic mass is 10.1. The van der Waals surface area contributed by atoms with Crippen LogP contribution >= 0.6 is 0 Å². The summed E-state index contributed by atoms with van der Waals surface area (Å²) >= 11 is 0. The second-order valence-electron chi connectivity index (χ2n) is 4.45. The molecule has 6 heteroatoms. The Bertz CT molecular complexity index is 567. The van der Waals surface area contributed by atoms with E-state index in [0.29, 0.717) is 29.6 Å². The highest BCUT2D eigenvalue weighted by Crippen LogP contribution is 2.30. The van der Waals surface area contributed by atoms with Gasteiger partial charge in [-0.1, -0.05) is 18.1 Å². The van der Waals surface area contributed by atoms with Crippen molar-refractivity contribution in [3.05, 3.63) is 35.5 Å². The fraction of sp³-hybridized carbons (Fsp3) is 0.429. The van der Waals surface area contributed by atoms with Gasteiger partial charge in [0, 0.05) is 12.5 Å². The van der Waals surface area contributed by atoms with Gasteiger partial charge in [-0.25, -0.2) is 0 Å². The predicted molar refractivity (Wildman–Crippen MR) is 73.6 cm³/mol. The van der Waals surface area contributed by atoms with Crippen LogP contribution in [0.25, 0.3) is 0 Å². The smallest absolute Gasteiger partial charge is 0.226 e. The number of nitrogens with zero attached hydrogens (tertiary/aromatic N) is 2. The zero-order valence-corrected chi connectivity index (χ0v) is 11.9. The topological polar surface area (TPSA) is 83.4 Å². The Labute approximate surface area is 117 Å². The second kappa shape index (κ2) is 6.38. The van der Waals surface area contributed by atoms with Gasteiger partial charge < -0.3 is 19.7 Å². The Hall–Kier alpha value is -2.08. The van der Waals surface area contributed by atoms with E-state index in [1.807, 2.05) is 32.0 Å². The van der Waals surface area contributed by atoms with Crippen molar-refractivity contribution in [3.63, 3.8) is 0 Å². The van der Waals surface area contributed by atoms with Gasteiger partial charge in [0.15, 0.2) is 18.1 Å². The fourth-order valence-electron chi connectivity index (χ4n) is 1.72. The molecule has 0 radical (unpaired) electrons. The molecule has 1 atom stereocenters. The first-order valence-corrected chi connectivity index (χ1v) is 6.51. The second-order valence-corrected chi connectivity index (χ2v) is 4.45. The number of rotatable bonds is 6. The third-order valence-corrected chi connectivity index (χ3v) is 2.88. The molecule has 0 aliphatic heterocycles. The van der Waals surface area contributed by atoms with Crippen LogP contribution in [0.2, 0.25) is 0 Å². The zero-order valence-electron chi connectivity index (χ0n) is 11.9. The maximum atomic E-state index is 5.84. The summed E-state index contributed by atoms with van der Waals surface area (Å²) in [6.45, 7) is 4.10. The van der Waals surface area contributed by atoms with E-state index in [1.54, 1.807) is 7.11 Å². The number of hydrogen-bond acceptors (Lipinski definition) is 6. The highest BCUT2D eigenvalue weighted by Gasteiger charge is 2.10. The molecule has 0 aliphatic rings. The molecular weight excluding hydrogens is 258 g/mol. The number of methoxy groups -OCH3 is 1. The molecular formula is C14H19N3O3. The van der Waals surface area contributed by atoms with E-state index < -0.39 is 0 Å². The number of ether oxygens (including phenoxy) is 2. The quantitative estimate of drug-likeness (QED) is 0.871. The third kappa shape index (κ3) is 3.27. The van der Waals surface area contributed by atoms with E-state index in [2.05, 4.69) is 10.1 Å². The Morgan fingerprint density at radius 2 is 2.15 bits per heavy atom. The van der Waals surface area contributed by atoms with Crippen LogP contribution < -0.4 is 15.2 Å². The minimum atomic E-state index is -0.0535. The third-order valence-electron chi connectivity index (χ3n) is 2.88. The zero-order chi connectivity index (χ0) is 14.5. The Morgan fingerprint density at radius 1 is 1.35 bits per heavy atom. The Morgan fingerprint density at radius 3 is 2.75 bits per heavy atom. The van der Waals surface area contributed by atoms with Crippen LogP contribution in [0, 0.1) is 0 Å². The van der Waals surface area contributed by atoms with Crippen molar-refractivity contribution in [2.24, 2.45) is 5.73 Å². The average molecular weight is 277 g/mol. The molecule has 108 valence electrons. The van der Waals surface area contributed by atoms with Crippen molar-refractivity contribution in [2.75, 3.05) is 7.11 Å². The minimum absolute atomic E-state index is 0.0535. The molecule has 6 nitrogen and oxygen atoms in total. The Kier molecular flexibility index (Phi) is 4.57. The lowest BCUT2D eigenvalue weighted by Gasteiger charge is -2.12. The van der Waals surface area contributed by atoms with Crippen LogP contribution in [0.3, 0.4) is 0 Å². The first kappa shape index (κ1) is 14.3. The summed E-state index contributed by atoms with van der Waals surface area (Å²) in [5.74, 6) is 2.38. The van der Waals surface area contributed by atoms with E-state index in [1.165, 1.54) is 0 Å². The summed E-state index contributed by atoms with van der Waals surface area (Å²) in [5.41, 5.74) is 6.83. The SMILES string of the molecule is CCc1nc(COc2ccc(C(C)N)cc2OC)no1. The lowest BCUT2D eigenvalue weighted by Crippen LogP contribution is -2.06. The predicted octanol–water partition coefficient (Wildman–Crippen LogP) is 2.24. The molecule has 1 heterocycles. The molecule has 1 aromatic heterocycles. The maximum Gasteiger partial charge on any atom is 0.226 e. The van der Waals surface area contributed by atoms with E-state index in [4.69, 9.17) is 19.7 Å².